The molecule has 4 rings (SSSR count). The second-order valence-corrected chi connectivity index (χ2v) is 9.46. The highest BCUT2D eigenvalue weighted by atomic mass is 32.1. The highest BCUT2D eigenvalue weighted by Crippen LogP contribution is 2.28. The van der Waals surface area contributed by atoms with E-state index in [-0.39, 0.29) is 23.5 Å². The molecular formula is C23H23FN4OS2. The minimum absolute atomic E-state index is 0.0860. The normalized spacial score (nSPS) is 11.6. The van der Waals surface area contributed by atoms with Crippen LogP contribution in [0.15, 0.2) is 59.4 Å². The molecule has 160 valence electrons. The zero-order valence-corrected chi connectivity index (χ0v) is 19.4. The smallest absolute Gasteiger partial charge is 0.279 e. The van der Waals surface area contributed by atoms with Crippen LogP contribution in [0.4, 0.5) is 10.3 Å². The predicted molar refractivity (Wildman–Crippen MR) is 128 cm³/mol. The maximum atomic E-state index is 13.7. The fourth-order valence-electron chi connectivity index (χ4n) is 3.80. The molecule has 0 bridgehead atoms. The van der Waals surface area contributed by atoms with Crippen molar-refractivity contribution in [3.8, 4) is 11.4 Å². The number of fused-ring (bicyclic) bond motifs is 1. The van der Waals surface area contributed by atoms with E-state index in [0.29, 0.717) is 25.9 Å². The zero-order valence-electron chi connectivity index (χ0n) is 17.7. The van der Waals surface area contributed by atoms with E-state index in [2.05, 4.69) is 32.6 Å². The monoisotopic (exact) mass is 454 g/mol. The van der Waals surface area contributed by atoms with E-state index in [9.17, 15) is 9.18 Å². The van der Waals surface area contributed by atoms with Crippen LogP contribution in [0.2, 0.25) is 0 Å². The third-order valence-corrected chi connectivity index (χ3v) is 6.38. The second kappa shape index (κ2) is 8.36. The summed E-state index contributed by atoms with van der Waals surface area (Å²) in [6, 6.07) is 15.7. The quantitative estimate of drug-likeness (QED) is 0.361. The van der Waals surface area contributed by atoms with E-state index in [4.69, 9.17) is 17.2 Å². The van der Waals surface area contributed by atoms with Crippen molar-refractivity contribution in [2.75, 3.05) is 4.90 Å². The number of halogens is 1. The van der Waals surface area contributed by atoms with Gasteiger partial charge in [0.25, 0.3) is 5.56 Å². The lowest BCUT2D eigenvalue weighted by Gasteiger charge is -2.33. The number of hydrogen-bond acceptors (Lipinski definition) is 5. The lowest BCUT2D eigenvalue weighted by molar-refractivity contribution is 0.582. The van der Waals surface area contributed by atoms with Gasteiger partial charge in [-0.1, -0.05) is 29.5 Å². The van der Waals surface area contributed by atoms with Gasteiger partial charge in [-0.05, 0) is 76.3 Å². The lowest BCUT2D eigenvalue weighted by Crippen LogP contribution is -2.41. The largest absolute Gasteiger partial charge is 0.337 e. The molecule has 0 amide bonds. The van der Waals surface area contributed by atoms with Crippen LogP contribution in [0, 0.1) is 9.77 Å². The van der Waals surface area contributed by atoms with Crippen molar-refractivity contribution in [3.05, 3.63) is 74.7 Å². The van der Waals surface area contributed by atoms with Crippen molar-refractivity contribution < 1.29 is 4.39 Å². The number of hydrogen-bond donors (Lipinski definition) is 0. The summed E-state index contributed by atoms with van der Waals surface area (Å²) in [6.07, 6.45) is 0. The molecule has 0 aliphatic rings. The minimum Gasteiger partial charge on any atom is -0.337 e. The van der Waals surface area contributed by atoms with Gasteiger partial charge in [0.05, 0.1) is 5.69 Å². The van der Waals surface area contributed by atoms with E-state index in [1.165, 1.54) is 23.5 Å². The number of para-hydroxylation sites is 1. The summed E-state index contributed by atoms with van der Waals surface area (Å²) in [6.45, 7) is 8.23. The molecular weight excluding hydrogens is 431 g/mol. The van der Waals surface area contributed by atoms with E-state index in [1.807, 2.05) is 34.9 Å². The Balaban J connectivity index is 2.13. The minimum atomic E-state index is -0.358. The van der Waals surface area contributed by atoms with E-state index in [0.717, 1.165) is 5.69 Å². The van der Waals surface area contributed by atoms with Crippen molar-refractivity contribution in [2.24, 2.45) is 0 Å². The molecule has 0 atom stereocenters. The topological polar surface area (TPSA) is 43.1 Å². The average Bonchev–Trinajstić information content (AvgIpc) is 3.06. The van der Waals surface area contributed by atoms with Gasteiger partial charge in [-0.15, -0.1) is 0 Å². The summed E-state index contributed by atoms with van der Waals surface area (Å²) in [7, 11) is 0. The van der Waals surface area contributed by atoms with Gasteiger partial charge in [-0.25, -0.2) is 8.96 Å². The van der Waals surface area contributed by atoms with Crippen LogP contribution in [-0.2, 0) is 0 Å². The number of thiazole rings is 1. The Kier molecular flexibility index (Phi) is 5.77. The Morgan fingerprint density at radius 1 is 0.935 bits per heavy atom. The summed E-state index contributed by atoms with van der Waals surface area (Å²) in [4.78, 5) is 20.8. The molecule has 2 aromatic carbocycles. The molecule has 2 aromatic heterocycles. The molecule has 0 spiro atoms. The van der Waals surface area contributed by atoms with Crippen molar-refractivity contribution in [1.29, 1.82) is 0 Å². The summed E-state index contributed by atoms with van der Waals surface area (Å²) in [5.74, 6) is 0.148. The fraction of sp³-hybridized carbons (Fsp3) is 0.261. The van der Waals surface area contributed by atoms with Crippen LogP contribution in [0.1, 0.15) is 27.7 Å². The maximum absolute atomic E-state index is 13.7. The van der Waals surface area contributed by atoms with Gasteiger partial charge in [0.15, 0.2) is 9.60 Å². The molecule has 8 heteroatoms. The first-order valence-electron chi connectivity index (χ1n) is 10.1. The van der Waals surface area contributed by atoms with Gasteiger partial charge in [0, 0.05) is 17.8 Å². The first-order valence-corrected chi connectivity index (χ1v) is 11.3. The van der Waals surface area contributed by atoms with Gasteiger partial charge in [-0.2, -0.15) is 4.98 Å². The Labute approximate surface area is 189 Å². The van der Waals surface area contributed by atoms with Crippen molar-refractivity contribution in [3.63, 3.8) is 0 Å². The third kappa shape index (κ3) is 3.81. The molecule has 0 saturated heterocycles. The number of anilines is 1. The zero-order chi connectivity index (χ0) is 22.3. The molecule has 0 saturated carbocycles. The predicted octanol–water partition coefficient (Wildman–Crippen LogP) is 5.73. The fourth-order valence-corrected chi connectivity index (χ4v) is 5.11. The molecule has 5 nitrogen and oxygen atoms in total. The number of aromatic nitrogens is 3. The SMILES string of the molecule is CC(C)N(c1nc2c(sc(=S)n2-c2ccccc2)c(=O)n1-c1ccc(F)cc1)C(C)C. The Morgan fingerprint density at radius 3 is 2.10 bits per heavy atom. The van der Waals surface area contributed by atoms with Crippen LogP contribution >= 0.6 is 23.6 Å². The Hall–Kier alpha value is -2.84. The molecule has 4 aromatic rings. The summed E-state index contributed by atoms with van der Waals surface area (Å²) >= 11 is 6.85. The highest BCUT2D eigenvalue weighted by Gasteiger charge is 2.25. The first-order chi connectivity index (χ1) is 14.8. The molecule has 31 heavy (non-hydrogen) atoms. The van der Waals surface area contributed by atoms with Crippen LogP contribution in [0.3, 0.4) is 0 Å². The Bertz CT molecular complexity index is 1330. The van der Waals surface area contributed by atoms with Crippen LogP contribution in [-0.4, -0.2) is 26.2 Å². The average molecular weight is 455 g/mol. The second-order valence-electron chi connectivity index (χ2n) is 7.82. The van der Waals surface area contributed by atoms with E-state index < -0.39 is 0 Å². The standard InChI is InChI=1S/C23H23FN4OS2/c1-14(2)26(15(3)4)22-25-20-19(21(29)28(22)18-12-10-16(24)11-13-18)31-23(30)27(20)17-8-6-5-7-9-17/h5-15H,1-4H3. The Morgan fingerprint density at radius 2 is 1.52 bits per heavy atom. The maximum Gasteiger partial charge on any atom is 0.279 e. The molecule has 2 heterocycles. The lowest BCUT2D eigenvalue weighted by atomic mass is 10.2. The highest BCUT2D eigenvalue weighted by molar-refractivity contribution is 7.73. The van der Waals surface area contributed by atoms with E-state index >= 15 is 0 Å². The van der Waals surface area contributed by atoms with Gasteiger partial charge >= 0.3 is 0 Å². The van der Waals surface area contributed by atoms with Crippen molar-refractivity contribution in [1.82, 2.24) is 14.1 Å². The number of rotatable bonds is 5. The molecule has 0 radical (unpaired) electrons. The first kappa shape index (κ1) is 21.4. The van der Waals surface area contributed by atoms with Crippen LogP contribution < -0.4 is 10.5 Å². The van der Waals surface area contributed by atoms with Gasteiger partial charge in [0.2, 0.25) is 5.95 Å². The molecule has 0 unspecified atom stereocenters. The van der Waals surface area contributed by atoms with Crippen LogP contribution in [0.25, 0.3) is 21.7 Å². The molecule has 0 fully saturated rings. The summed E-state index contributed by atoms with van der Waals surface area (Å²) in [5, 5.41) is 0. The third-order valence-electron chi connectivity index (χ3n) is 5.03. The number of benzene rings is 2. The molecule has 0 aliphatic heterocycles. The molecule has 0 aliphatic carbocycles. The van der Waals surface area contributed by atoms with Crippen LogP contribution in [0.5, 0.6) is 0 Å². The number of nitrogens with zero attached hydrogens (tertiary/aromatic N) is 4. The summed E-state index contributed by atoms with van der Waals surface area (Å²) < 4.78 is 18.0. The van der Waals surface area contributed by atoms with Crippen molar-refractivity contribution in [2.45, 2.75) is 39.8 Å². The van der Waals surface area contributed by atoms with Gasteiger partial charge in [0.1, 0.15) is 10.5 Å². The molecule has 0 N–H and O–H groups in total. The van der Waals surface area contributed by atoms with Gasteiger partial charge < -0.3 is 4.90 Å². The van der Waals surface area contributed by atoms with Gasteiger partial charge in [-0.3, -0.25) is 9.36 Å². The van der Waals surface area contributed by atoms with E-state index in [1.54, 1.807) is 16.7 Å². The van der Waals surface area contributed by atoms with Crippen molar-refractivity contribution >= 4 is 39.9 Å². The summed E-state index contributed by atoms with van der Waals surface area (Å²) in [5.41, 5.74) is 1.74.